The molecule has 0 fully saturated rings. The van der Waals surface area contributed by atoms with Crippen LogP contribution in [0.4, 0.5) is 0 Å². The maximum atomic E-state index is 11.2. The molecule has 0 radical (unpaired) electrons. The first-order chi connectivity index (χ1) is 8.78. The van der Waals surface area contributed by atoms with Crippen molar-refractivity contribution in [1.82, 2.24) is 4.72 Å². The lowest BCUT2D eigenvalue weighted by Gasteiger charge is -2.08. The Kier molecular flexibility index (Phi) is 5.35. The van der Waals surface area contributed by atoms with E-state index in [1.165, 1.54) is 5.56 Å². The predicted octanol–water partition coefficient (Wildman–Crippen LogP) is 1.54. The lowest BCUT2D eigenvalue weighted by atomic mass is 10.1. The van der Waals surface area contributed by atoms with Crippen molar-refractivity contribution < 1.29 is 17.9 Å². The molecule has 0 saturated carbocycles. The lowest BCUT2D eigenvalue weighted by molar-refractivity contribution is -0.119. The first-order valence-electron chi connectivity index (χ1n) is 5.98. The SMILES string of the molecule is Cc1ccc(OCCCC(=O)NS(C)(=O)=O)cc1C. The number of carbonyl (C=O) groups excluding carboxylic acids is 1. The molecule has 1 aromatic carbocycles. The van der Waals surface area contributed by atoms with Gasteiger partial charge < -0.3 is 4.74 Å². The van der Waals surface area contributed by atoms with Crippen LogP contribution < -0.4 is 9.46 Å². The third-order valence-corrected chi connectivity index (χ3v) is 3.19. The molecule has 0 spiro atoms. The predicted molar refractivity (Wildman–Crippen MR) is 73.6 cm³/mol. The minimum Gasteiger partial charge on any atom is -0.494 e. The van der Waals surface area contributed by atoms with Gasteiger partial charge in [0.1, 0.15) is 5.75 Å². The molecule has 0 bridgehead atoms. The van der Waals surface area contributed by atoms with E-state index in [2.05, 4.69) is 0 Å². The van der Waals surface area contributed by atoms with Gasteiger partial charge in [0.15, 0.2) is 0 Å². The third-order valence-electron chi connectivity index (χ3n) is 2.59. The Labute approximate surface area is 114 Å². The van der Waals surface area contributed by atoms with Gasteiger partial charge in [-0.25, -0.2) is 8.42 Å². The molecule has 0 aliphatic heterocycles. The molecule has 0 aliphatic carbocycles. The van der Waals surface area contributed by atoms with Gasteiger partial charge >= 0.3 is 0 Å². The molecule has 1 rings (SSSR count). The monoisotopic (exact) mass is 285 g/mol. The number of rotatable bonds is 6. The summed E-state index contributed by atoms with van der Waals surface area (Å²) in [5.41, 5.74) is 2.34. The fourth-order valence-corrected chi connectivity index (χ4v) is 2.00. The topological polar surface area (TPSA) is 72.5 Å². The van der Waals surface area contributed by atoms with Crippen LogP contribution in [0.5, 0.6) is 5.75 Å². The molecule has 1 aromatic rings. The molecule has 0 aliphatic rings. The number of ether oxygens (including phenoxy) is 1. The van der Waals surface area contributed by atoms with Gasteiger partial charge in [0.25, 0.3) is 0 Å². The van der Waals surface area contributed by atoms with Gasteiger partial charge in [-0.2, -0.15) is 0 Å². The standard InChI is InChI=1S/C13H19NO4S/c1-10-6-7-12(9-11(10)2)18-8-4-5-13(15)14-19(3,16)17/h6-7,9H,4-5,8H2,1-3H3,(H,14,15). The first kappa shape index (κ1) is 15.5. The highest BCUT2D eigenvalue weighted by Crippen LogP contribution is 2.16. The normalized spacial score (nSPS) is 11.1. The summed E-state index contributed by atoms with van der Waals surface area (Å²) in [6, 6.07) is 5.78. The molecule has 0 aromatic heterocycles. The van der Waals surface area contributed by atoms with E-state index in [-0.39, 0.29) is 6.42 Å². The van der Waals surface area contributed by atoms with Crippen molar-refractivity contribution in [2.45, 2.75) is 26.7 Å². The summed E-state index contributed by atoms with van der Waals surface area (Å²) in [5, 5.41) is 0. The number of sulfonamides is 1. The maximum absolute atomic E-state index is 11.2. The Morgan fingerprint density at radius 1 is 1.26 bits per heavy atom. The summed E-state index contributed by atoms with van der Waals surface area (Å²) in [6.07, 6.45) is 1.54. The average Bonchev–Trinajstić information content (AvgIpc) is 2.27. The van der Waals surface area contributed by atoms with E-state index >= 15 is 0 Å². The molecule has 0 atom stereocenters. The highest BCUT2D eigenvalue weighted by Gasteiger charge is 2.07. The minimum absolute atomic E-state index is 0.123. The largest absolute Gasteiger partial charge is 0.494 e. The molecule has 0 unspecified atom stereocenters. The van der Waals surface area contributed by atoms with E-state index in [9.17, 15) is 13.2 Å². The second-order valence-corrected chi connectivity index (χ2v) is 6.24. The zero-order chi connectivity index (χ0) is 14.5. The third kappa shape index (κ3) is 6.24. The van der Waals surface area contributed by atoms with Crippen LogP contribution in [0.25, 0.3) is 0 Å². The van der Waals surface area contributed by atoms with Crippen LogP contribution in [-0.4, -0.2) is 27.2 Å². The van der Waals surface area contributed by atoms with Crippen LogP contribution in [0.15, 0.2) is 18.2 Å². The van der Waals surface area contributed by atoms with Crippen molar-refractivity contribution in [3.8, 4) is 5.75 Å². The van der Waals surface area contributed by atoms with Crippen molar-refractivity contribution >= 4 is 15.9 Å². The lowest BCUT2D eigenvalue weighted by Crippen LogP contribution is -2.29. The van der Waals surface area contributed by atoms with Crippen LogP contribution in [0.2, 0.25) is 0 Å². The van der Waals surface area contributed by atoms with Crippen LogP contribution in [-0.2, 0) is 14.8 Å². The molecule has 19 heavy (non-hydrogen) atoms. The van der Waals surface area contributed by atoms with Crippen LogP contribution in [0, 0.1) is 13.8 Å². The van der Waals surface area contributed by atoms with E-state index in [4.69, 9.17) is 4.74 Å². The van der Waals surface area contributed by atoms with E-state index in [1.54, 1.807) is 0 Å². The summed E-state index contributed by atoms with van der Waals surface area (Å²) in [6.45, 7) is 4.40. The van der Waals surface area contributed by atoms with Gasteiger partial charge in [-0.3, -0.25) is 9.52 Å². The average molecular weight is 285 g/mol. The fraction of sp³-hybridized carbons (Fsp3) is 0.462. The summed E-state index contributed by atoms with van der Waals surface area (Å²) in [4.78, 5) is 11.2. The van der Waals surface area contributed by atoms with Crippen molar-refractivity contribution in [3.63, 3.8) is 0 Å². The summed E-state index contributed by atoms with van der Waals surface area (Å²) in [5.74, 6) is 0.248. The highest BCUT2D eigenvalue weighted by atomic mass is 32.2. The van der Waals surface area contributed by atoms with Gasteiger partial charge in [0.2, 0.25) is 15.9 Å². The smallest absolute Gasteiger partial charge is 0.233 e. The van der Waals surface area contributed by atoms with E-state index in [1.807, 2.05) is 36.8 Å². The van der Waals surface area contributed by atoms with Crippen molar-refractivity contribution in [2.24, 2.45) is 0 Å². The molecular formula is C13H19NO4S. The van der Waals surface area contributed by atoms with Gasteiger partial charge in [-0.05, 0) is 43.5 Å². The molecule has 0 heterocycles. The number of aryl methyl sites for hydroxylation is 2. The number of nitrogens with one attached hydrogen (secondary N) is 1. The van der Waals surface area contributed by atoms with Gasteiger partial charge in [-0.15, -0.1) is 0 Å². The van der Waals surface area contributed by atoms with Gasteiger partial charge in [0.05, 0.1) is 12.9 Å². The Morgan fingerprint density at radius 3 is 2.53 bits per heavy atom. The van der Waals surface area contributed by atoms with Crippen LogP contribution in [0.3, 0.4) is 0 Å². The molecule has 1 N–H and O–H groups in total. The number of hydrogen-bond donors (Lipinski definition) is 1. The van der Waals surface area contributed by atoms with E-state index in [0.29, 0.717) is 13.0 Å². The molecule has 5 nitrogen and oxygen atoms in total. The van der Waals surface area contributed by atoms with E-state index in [0.717, 1.165) is 17.6 Å². The second kappa shape index (κ2) is 6.56. The Morgan fingerprint density at radius 2 is 1.95 bits per heavy atom. The summed E-state index contributed by atoms with van der Waals surface area (Å²) in [7, 11) is -3.46. The summed E-state index contributed by atoms with van der Waals surface area (Å²) >= 11 is 0. The van der Waals surface area contributed by atoms with Gasteiger partial charge in [0, 0.05) is 6.42 Å². The van der Waals surface area contributed by atoms with Crippen LogP contribution >= 0.6 is 0 Å². The Balaban J connectivity index is 2.31. The number of carbonyl (C=O) groups is 1. The van der Waals surface area contributed by atoms with Crippen molar-refractivity contribution in [2.75, 3.05) is 12.9 Å². The summed E-state index contributed by atoms with van der Waals surface area (Å²) < 4.78 is 29.0. The fourth-order valence-electron chi connectivity index (χ4n) is 1.48. The molecule has 6 heteroatoms. The quantitative estimate of drug-likeness (QED) is 0.805. The number of hydrogen-bond acceptors (Lipinski definition) is 4. The number of benzene rings is 1. The second-order valence-electron chi connectivity index (χ2n) is 4.50. The molecule has 1 amide bonds. The highest BCUT2D eigenvalue weighted by molar-refractivity contribution is 7.89. The maximum Gasteiger partial charge on any atom is 0.233 e. The molecular weight excluding hydrogens is 266 g/mol. The Bertz CT molecular complexity index is 552. The van der Waals surface area contributed by atoms with Crippen LogP contribution in [0.1, 0.15) is 24.0 Å². The molecule has 106 valence electrons. The number of amides is 1. The van der Waals surface area contributed by atoms with Gasteiger partial charge in [-0.1, -0.05) is 6.07 Å². The first-order valence-corrected chi connectivity index (χ1v) is 7.88. The zero-order valence-corrected chi connectivity index (χ0v) is 12.2. The van der Waals surface area contributed by atoms with Crippen molar-refractivity contribution in [1.29, 1.82) is 0 Å². The molecule has 0 saturated heterocycles. The van der Waals surface area contributed by atoms with E-state index < -0.39 is 15.9 Å². The Hall–Kier alpha value is -1.56. The minimum atomic E-state index is -3.46. The zero-order valence-electron chi connectivity index (χ0n) is 11.4. The van der Waals surface area contributed by atoms with Crippen molar-refractivity contribution in [3.05, 3.63) is 29.3 Å².